The van der Waals surface area contributed by atoms with Crippen LogP contribution in [0.2, 0.25) is 5.02 Å². The van der Waals surface area contributed by atoms with Crippen molar-refractivity contribution in [1.82, 2.24) is 9.80 Å². The number of carbonyl (C=O) groups excluding carboxylic acids is 1. The molecule has 132 valence electrons. The standard InChI is InChI=1S/C18H25ClN2O3/c19-16-5-1-2-6-17(16)24-15-7-10-21(11-8-15)18(23)13-20-9-3-4-14(22)12-20/h1-2,5-6,14-15,22H,3-4,7-13H2/t14-/m1/s1. The first-order chi connectivity index (χ1) is 11.6. The normalized spacial score (nSPS) is 23.2. The van der Waals surface area contributed by atoms with Gasteiger partial charge in [-0.2, -0.15) is 0 Å². The van der Waals surface area contributed by atoms with Gasteiger partial charge in [-0.3, -0.25) is 9.69 Å². The predicted molar refractivity (Wildman–Crippen MR) is 93.4 cm³/mol. The number of halogens is 1. The minimum atomic E-state index is -0.290. The number of β-amino-alcohol motifs (C(OH)–C–C–N with tert-alkyl or cyclic N) is 1. The van der Waals surface area contributed by atoms with Gasteiger partial charge in [0.25, 0.3) is 0 Å². The average molecular weight is 353 g/mol. The Bertz CT molecular complexity index is 561. The second kappa shape index (κ2) is 8.19. The molecule has 0 unspecified atom stereocenters. The lowest BCUT2D eigenvalue weighted by Crippen LogP contribution is -2.48. The Labute approximate surface area is 148 Å². The third-order valence-electron chi connectivity index (χ3n) is 4.76. The van der Waals surface area contributed by atoms with Crippen molar-refractivity contribution in [1.29, 1.82) is 0 Å². The number of piperidine rings is 2. The molecule has 5 nitrogen and oxygen atoms in total. The molecule has 1 N–H and O–H groups in total. The fraction of sp³-hybridized carbons (Fsp3) is 0.611. The van der Waals surface area contributed by atoms with Crippen molar-refractivity contribution < 1.29 is 14.6 Å². The van der Waals surface area contributed by atoms with Crippen molar-refractivity contribution in [3.05, 3.63) is 29.3 Å². The number of hydrogen-bond acceptors (Lipinski definition) is 4. The Hall–Kier alpha value is -1.30. The third kappa shape index (κ3) is 4.62. The Morgan fingerprint density at radius 2 is 1.96 bits per heavy atom. The summed E-state index contributed by atoms with van der Waals surface area (Å²) in [5.41, 5.74) is 0. The molecule has 24 heavy (non-hydrogen) atoms. The second-order valence-corrected chi connectivity index (χ2v) is 7.07. The van der Waals surface area contributed by atoms with Crippen LogP contribution in [-0.2, 0) is 4.79 Å². The van der Waals surface area contributed by atoms with E-state index in [2.05, 4.69) is 4.90 Å². The lowest BCUT2D eigenvalue weighted by atomic mass is 10.1. The van der Waals surface area contributed by atoms with Crippen LogP contribution in [0.25, 0.3) is 0 Å². The SMILES string of the molecule is O=C(CN1CCC[C@@H](O)C1)N1CCC(Oc2ccccc2Cl)CC1. The number of aliphatic hydroxyl groups excluding tert-OH is 1. The van der Waals surface area contributed by atoms with E-state index in [0.29, 0.717) is 37.0 Å². The summed E-state index contributed by atoms with van der Waals surface area (Å²) in [4.78, 5) is 16.4. The van der Waals surface area contributed by atoms with E-state index in [1.54, 1.807) is 0 Å². The molecule has 6 heteroatoms. The summed E-state index contributed by atoms with van der Waals surface area (Å²) in [5.74, 6) is 0.867. The lowest BCUT2D eigenvalue weighted by molar-refractivity contribution is -0.134. The summed E-state index contributed by atoms with van der Waals surface area (Å²) < 4.78 is 5.96. The van der Waals surface area contributed by atoms with E-state index in [-0.39, 0.29) is 18.1 Å². The molecule has 2 aliphatic heterocycles. The zero-order valence-electron chi connectivity index (χ0n) is 13.9. The van der Waals surface area contributed by atoms with Crippen molar-refractivity contribution in [2.24, 2.45) is 0 Å². The van der Waals surface area contributed by atoms with Gasteiger partial charge in [-0.1, -0.05) is 23.7 Å². The van der Waals surface area contributed by atoms with Gasteiger partial charge in [0, 0.05) is 32.5 Å². The smallest absolute Gasteiger partial charge is 0.236 e. The fourth-order valence-corrected chi connectivity index (χ4v) is 3.59. The molecular weight excluding hydrogens is 328 g/mol. The summed E-state index contributed by atoms with van der Waals surface area (Å²) in [5, 5.41) is 10.3. The first-order valence-electron chi connectivity index (χ1n) is 8.71. The number of carbonyl (C=O) groups is 1. The fourth-order valence-electron chi connectivity index (χ4n) is 3.41. The average Bonchev–Trinajstić information content (AvgIpc) is 2.57. The Balaban J connectivity index is 1.44. The molecule has 2 saturated heterocycles. The highest BCUT2D eigenvalue weighted by molar-refractivity contribution is 6.32. The van der Waals surface area contributed by atoms with Gasteiger partial charge >= 0.3 is 0 Å². The summed E-state index contributed by atoms with van der Waals surface area (Å²) in [6.45, 7) is 3.34. The van der Waals surface area contributed by atoms with E-state index >= 15 is 0 Å². The van der Waals surface area contributed by atoms with Gasteiger partial charge in [-0.05, 0) is 31.5 Å². The predicted octanol–water partition coefficient (Wildman–Crippen LogP) is 2.17. The van der Waals surface area contributed by atoms with Crippen molar-refractivity contribution in [2.45, 2.75) is 37.9 Å². The summed E-state index contributed by atoms with van der Waals surface area (Å²) in [6.07, 6.45) is 3.25. The van der Waals surface area contributed by atoms with Crippen LogP contribution in [0.5, 0.6) is 5.75 Å². The molecule has 0 bridgehead atoms. The van der Waals surface area contributed by atoms with Gasteiger partial charge < -0.3 is 14.7 Å². The van der Waals surface area contributed by atoms with Crippen LogP contribution in [0.4, 0.5) is 0 Å². The minimum absolute atomic E-state index is 0.103. The quantitative estimate of drug-likeness (QED) is 0.902. The number of likely N-dealkylation sites (tertiary alicyclic amines) is 2. The number of hydrogen-bond donors (Lipinski definition) is 1. The van der Waals surface area contributed by atoms with Crippen LogP contribution >= 0.6 is 11.6 Å². The number of ether oxygens (including phenoxy) is 1. The molecule has 1 amide bonds. The molecule has 2 heterocycles. The first kappa shape index (κ1) is 17.5. The monoisotopic (exact) mass is 352 g/mol. The number of rotatable bonds is 4. The lowest BCUT2D eigenvalue weighted by Gasteiger charge is -2.35. The van der Waals surface area contributed by atoms with Crippen LogP contribution in [0.1, 0.15) is 25.7 Å². The van der Waals surface area contributed by atoms with Crippen LogP contribution in [0, 0.1) is 0 Å². The van der Waals surface area contributed by atoms with Crippen LogP contribution < -0.4 is 4.74 Å². The van der Waals surface area contributed by atoms with Crippen LogP contribution in [0.3, 0.4) is 0 Å². The maximum Gasteiger partial charge on any atom is 0.236 e. The van der Waals surface area contributed by atoms with E-state index in [0.717, 1.165) is 32.2 Å². The molecule has 3 rings (SSSR count). The molecule has 2 aliphatic rings. The molecule has 1 aromatic rings. The summed E-state index contributed by atoms with van der Waals surface area (Å²) in [7, 11) is 0. The Morgan fingerprint density at radius 3 is 2.67 bits per heavy atom. The summed E-state index contributed by atoms with van der Waals surface area (Å²) >= 11 is 6.13. The molecule has 0 aliphatic carbocycles. The molecule has 0 aromatic heterocycles. The highest BCUT2D eigenvalue weighted by atomic mass is 35.5. The van der Waals surface area contributed by atoms with Gasteiger partial charge in [0.05, 0.1) is 17.7 Å². The molecular formula is C18H25ClN2O3. The van der Waals surface area contributed by atoms with Gasteiger partial charge in [-0.15, -0.1) is 0 Å². The molecule has 0 saturated carbocycles. The van der Waals surface area contributed by atoms with Gasteiger partial charge in [-0.25, -0.2) is 0 Å². The second-order valence-electron chi connectivity index (χ2n) is 6.66. The van der Waals surface area contributed by atoms with E-state index in [9.17, 15) is 9.90 Å². The van der Waals surface area contributed by atoms with Gasteiger partial charge in [0.2, 0.25) is 5.91 Å². The van der Waals surface area contributed by atoms with E-state index in [1.165, 1.54) is 0 Å². The Morgan fingerprint density at radius 1 is 1.21 bits per heavy atom. The minimum Gasteiger partial charge on any atom is -0.489 e. The van der Waals surface area contributed by atoms with E-state index in [1.807, 2.05) is 29.2 Å². The van der Waals surface area contributed by atoms with Crippen molar-refractivity contribution in [3.8, 4) is 5.75 Å². The van der Waals surface area contributed by atoms with Crippen molar-refractivity contribution >= 4 is 17.5 Å². The number of nitrogens with zero attached hydrogens (tertiary/aromatic N) is 2. The van der Waals surface area contributed by atoms with E-state index in [4.69, 9.17) is 16.3 Å². The third-order valence-corrected chi connectivity index (χ3v) is 5.08. The molecule has 2 fully saturated rings. The Kier molecular flexibility index (Phi) is 5.98. The van der Waals surface area contributed by atoms with Gasteiger partial charge in [0.15, 0.2) is 0 Å². The number of aliphatic hydroxyl groups is 1. The zero-order valence-corrected chi connectivity index (χ0v) is 14.6. The number of amides is 1. The van der Waals surface area contributed by atoms with Crippen molar-refractivity contribution in [2.75, 3.05) is 32.7 Å². The highest BCUT2D eigenvalue weighted by Gasteiger charge is 2.27. The van der Waals surface area contributed by atoms with Crippen molar-refractivity contribution in [3.63, 3.8) is 0 Å². The number of benzene rings is 1. The molecule has 1 aromatic carbocycles. The molecule has 0 radical (unpaired) electrons. The highest BCUT2D eigenvalue weighted by Crippen LogP contribution is 2.26. The maximum absolute atomic E-state index is 12.4. The summed E-state index contributed by atoms with van der Waals surface area (Å²) in [6, 6.07) is 7.49. The molecule has 1 atom stereocenters. The van der Waals surface area contributed by atoms with E-state index < -0.39 is 0 Å². The molecule has 0 spiro atoms. The van der Waals surface area contributed by atoms with Crippen LogP contribution in [-0.4, -0.2) is 65.7 Å². The largest absolute Gasteiger partial charge is 0.489 e. The topological polar surface area (TPSA) is 53.0 Å². The first-order valence-corrected chi connectivity index (χ1v) is 9.09. The maximum atomic E-state index is 12.4. The zero-order chi connectivity index (χ0) is 16.9. The number of para-hydroxylation sites is 1. The van der Waals surface area contributed by atoms with Crippen LogP contribution in [0.15, 0.2) is 24.3 Å². The van der Waals surface area contributed by atoms with Gasteiger partial charge in [0.1, 0.15) is 11.9 Å².